The molecule has 1 unspecified atom stereocenters. The van der Waals surface area contributed by atoms with Gasteiger partial charge in [-0.3, -0.25) is 4.79 Å². The van der Waals surface area contributed by atoms with Gasteiger partial charge in [0.25, 0.3) is 0 Å². The fourth-order valence-electron chi connectivity index (χ4n) is 1.40. The second kappa shape index (κ2) is 7.47. The number of aliphatic hydroxyl groups excluding tert-OH is 2. The third kappa shape index (κ3) is 4.22. The number of aliphatic hydroxyl groups is 2. The molecule has 0 aliphatic carbocycles. The normalized spacial score (nSPS) is 12.2. The van der Waals surface area contributed by atoms with E-state index in [9.17, 15) is 20.0 Å². The van der Waals surface area contributed by atoms with E-state index in [0.29, 0.717) is 0 Å². The number of aromatic nitrogens is 3. The summed E-state index contributed by atoms with van der Waals surface area (Å²) in [5.41, 5.74) is 0. The van der Waals surface area contributed by atoms with Gasteiger partial charge in [-0.2, -0.15) is 4.68 Å². The summed E-state index contributed by atoms with van der Waals surface area (Å²) in [4.78, 5) is 25.0. The van der Waals surface area contributed by atoms with Crippen LogP contribution in [0.3, 0.4) is 0 Å². The zero-order chi connectivity index (χ0) is 15.1. The van der Waals surface area contributed by atoms with E-state index in [-0.39, 0.29) is 32.1 Å². The zero-order valence-corrected chi connectivity index (χ0v) is 10.7. The predicted octanol–water partition coefficient (Wildman–Crippen LogP) is -2.08. The van der Waals surface area contributed by atoms with Gasteiger partial charge in [-0.25, -0.2) is 0 Å². The molecule has 1 aromatic heterocycles. The minimum Gasteiger partial charge on any atom is -0.395 e. The number of carbonyl (C=O) groups excluding carboxylic acids is 1. The van der Waals surface area contributed by atoms with Crippen molar-refractivity contribution in [2.45, 2.75) is 12.6 Å². The van der Waals surface area contributed by atoms with Crippen LogP contribution in [-0.2, 0) is 11.3 Å². The Balaban J connectivity index is 2.94. The summed E-state index contributed by atoms with van der Waals surface area (Å²) < 4.78 is 5.64. The lowest BCUT2D eigenvalue weighted by atomic mass is 10.4. The molecule has 1 atom stereocenters. The minimum absolute atomic E-state index is 0.0225. The van der Waals surface area contributed by atoms with E-state index in [1.165, 1.54) is 7.11 Å². The van der Waals surface area contributed by atoms with Crippen molar-refractivity contribution < 1.29 is 24.7 Å². The van der Waals surface area contributed by atoms with E-state index in [4.69, 9.17) is 9.84 Å². The quantitative estimate of drug-likeness (QED) is 0.364. The van der Waals surface area contributed by atoms with Gasteiger partial charge in [-0.1, -0.05) is 0 Å². The standard InChI is InChI=1S/C9H15N5O6/c1-20-5-6(16)4-13-7(8(17)10-2-3-15)11-9(12-13)14(18)19/h6,15-16H,2-5H2,1H3,(H,10,17). The largest absolute Gasteiger partial charge is 0.491 e. The van der Waals surface area contributed by atoms with E-state index in [2.05, 4.69) is 15.4 Å². The zero-order valence-electron chi connectivity index (χ0n) is 10.7. The molecule has 0 bridgehead atoms. The van der Waals surface area contributed by atoms with Crippen molar-refractivity contribution in [3.63, 3.8) is 0 Å². The number of nitro groups is 1. The topological polar surface area (TPSA) is 153 Å². The molecule has 11 nitrogen and oxygen atoms in total. The summed E-state index contributed by atoms with van der Waals surface area (Å²) in [6, 6.07) is 0. The fourth-order valence-corrected chi connectivity index (χ4v) is 1.40. The van der Waals surface area contributed by atoms with Crippen LogP contribution in [0.4, 0.5) is 5.95 Å². The van der Waals surface area contributed by atoms with Crippen LogP contribution >= 0.6 is 0 Å². The number of hydrogen-bond donors (Lipinski definition) is 3. The van der Waals surface area contributed by atoms with Gasteiger partial charge in [0.15, 0.2) is 0 Å². The second-order valence-electron chi connectivity index (χ2n) is 3.76. The third-order valence-corrected chi connectivity index (χ3v) is 2.17. The van der Waals surface area contributed by atoms with E-state index >= 15 is 0 Å². The number of carbonyl (C=O) groups is 1. The summed E-state index contributed by atoms with van der Waals surface area (Å²) in [6.07, 6.45) is -0.995. The van der Waals surface area contributed by atoms with Gasteiger partial charge in [0.1, 0.15) is 0 Å². The van der Waals surface area contributed by atoms with Gasteiger partial charge < -0.3 is 30.4 Å². The predicted molar refractivity (Wildman–Crippen MR) is 64.0 cm³/mol. The minimum atomic E-state index is -0.995. The summed E-state index contributed by atoms with van der Waals surface area (Å²) in [6.45, 7) is -0.518. The Labute approximate surface area is 113 Å². The van der Waals surface area contributed by atoms with Crippen LogP contribution in [0.2, 0.25) is 0 Å². The molecule has 3 N–H and O–H groups in total. The van der Waals surface area contributed by atoms with Crippen LogP contribution in [0.15, 0.2) is 0 Å². The summed E-state index contributed by atoms with van der Waals surface area (Å²) in [5, 5.41) is 34.6. The highest BCUT2D eigenvalue weighted by atomic mass is 16.6. The van der Waals surface area contributed by atoms with Crippen molar-refractivity contribution in [2.24, 2.45) is 0 Å². The van der Waals surface area contributed by atoms with Crippen LogP contribution in [-0.4, -0.2) is 68.8 Å². The molecule has 0 fully saturated rings. The van der Waals surface area contributed by atoms with Crippen molar-refractivity contribution in [3.05, 3.63) is 15.9 Å². The number of ether oxygens (including phenoxy) is 1. The SMILES string of the molecule is COCC(O)Cn1nc([N+](=O)[O-])nc1C(=O)NCCO. The van der Waals surface area contributed by atoms with Crippen LogP contribution in [0.25, 0.3) is 0 Å². The maximum Gasteiger partial charge on any atom is 0.491 e. The first-order chi connectivity index (χ1) is 9.49. The van der Waals surface area contributed by atoms with Gasteiger partial charge in [-0.05, 0) is 9.91 Å². The van der Waals surface area contributed by atoms with Crippen LogP contribution in [0, 0.1) is 10.1 Å². The highest BCUT2D eigenvalue weighted by Gasteiger charge is 2.27. The maximum atomic E-state index is 11.7. The first kappa shape index (κ1) is 15.9. The Hall–Kier alpha value is -2.11. The number of nitrogens with one attached hydrogen (secondary N) is 1. The number of rotatable bonds is 8. The van der Waals surface area contributed by atoms with Gasteiger partial charge in [-0.15, -0.1) is 0 Å². The average molecular weight is 289 g/mol. The van der Waals surface area contributed by atoms with E-state index in [1.54, 1.807) is 0 Å². The van der Waals surface area contributed by atoms with Gasteiger partial charge >= 0.3 is 17.7 Å². The Morgan fingerprint density at radius 2 is 2.35 bits per heavy atom. The molecule has 112 valence electrons. The highest BCUT2D eigenvalue weighted by Crippen LogP contribution is 2.07. The Morgan fingerprint density at radius 1 is 1.65 bits per heavy atom. The second-order valence-corrected chi connectivity index (χ2v) is 3.76. The third-order valence-electron chi connectivity index (χ3n) is 2.17. The first-order valence-corrected chi connectivity index (χ1v) is 5.64. The smallest absolute Gasteiger partial charge is 0.395 e. The Morgan fingerprint density at radius 3 is 2.90 bits per heavy atom. The molecular formula is C9H15N5O6. The number of hydrogen-bond acceptors (Lipinski definition) is 8. The van der Waals surface area contributed by atoms with Crippen molar-refractivity contribution in [3.8, 4) is 0 Å². The molecule has 0 saturated carbocycles. The lowest BCUT2D eigenvalue weighted by Gasteiger charge is -2.08. The number of nitrogens with zero attached hydrogens (tertiary/aromatic N) is 4. The van der Waals surface area contributed by atoms with Crippen molar-refractivity contribution in [1.29, 1.82) is 0 Å². The lowest BCUT2D eigenvalue weighted by molar-refractivity contribution is -0.394. The van der Waals surface area contributed by atoms with Crippen molar-refractivity contribution >= 4 is 11.9 Å². The lowest BCUT2D eigenvalue weighted by Crippen LogP contribution is -2.31. The monoisotopic (exact) mass is 289 g/mol. The summed E-state index contributed by atoms with van der Waals surface area (Å²) >= 11 is 0. The van der Waals surface area contributed by atoms with Crippen molar-refractivity contribution in [2.75, 3.05) is 26.9 Å². The molecule has 0 aromatic carbocycles. The van der Waals surface area contributed by atoms with Gasteiger partial charge in [0.2, 0.25) is 0 Å². The molecule has 1 heterocycles. The molecule has 0 radical (unpaired) electrons. The molecule has 1 rings (SSSR count). The van der Waals surface area contributed by atoms with E-state index in [0.717, 1.165) is 4.68 Å². The Bertz CT molecular complexity index is 475. The van der Waals surface area contributed by atoms with Crippen molar-refractivity contribution in [1.82, 2.24) is 20.1 Å². The average Bonchev–Trinajstić information content (AvgIpc) is 2.80. The van der Waals surface area contributed by atoms with Crippen LogP contribution in [0.1, 0.15) is 10.6 Å². The van der Waals surface area contributed by atoms with Crippen LogP contribution in [0.5, 0.6) is 0 Å². The summed E-state index contributed by atoms with van der Waals surface area (Å²) in [5.74, 6) is -1.80. The maximum absolute atomic E-state index is 11.7. The van der Waals surface area contributed by atoms with E-state index < -0.39 is 22.9 Å². The molecule has 1 aromatic rings. The molecule has 0 aliphatic heterocycles. The van der Waals surface area contributed by atoms with Gasteiger partial charge in [0.05, 0.1) is 25.9 Å². The molecule has 1 amide bonds. The number of amides is 1. The molecule has 20 heavy (non-hydrogen) atoms. The molecule has 11 heteroatoms. The molecular weight excluding hydrogens is 274 g/mol. The van der Waals surface area contributed by atoms with Crippen LogP contribution < -0.4 is 5.32 Å². The highest BCUT2D eigenvalue weighted by molar-refractivity contribution is 5.90. The first-order valence-electron chi connectivity index (χ1n) is 5.64. The number of methoxy groups -OCH3 is 1. The molecule has 0 spiro atoms. The fraction of sp³-hybridized carbons (Fsp3) is 0.667. The molecule has 0 aliphatic rings. The molecule has 0 saturated heterocycles. The van der Waals surface area contributed by atoms with Gasteiger partial charge in [0, 0.05) is 18.8 Å². The van der Waals surface area contributed by atoms with E-state index in [1.807, 2.05) is 0 Å². The summed E-state index contributed by atoms with van der Waals surface area (Å²) in [7, 11) is 1.38. The Kier molecular flexibility index (Phi) is 5.96.